The fourth-order valence-electron chi connectivity index (χ4n) is 2.41. The number of rotatable bonds is 4. The molecule has 0 saturated carbocycles. The minimum atomic E-state index is -3.36. The summed E-state index contributed by atoms with van der Waals surface area (Å²) < 4.78 is 47.0. The Morgan fingerprint density at radius 3 is 2.50 bits per heavy atom. The Morgan fingerprint density at radius 2 is 2.00 bits per heavy atom. The lowest BCUT2D eigenvalue weighted by Gasteiger charge is -2.55. The average molecular weight is 348 g/mol. The summed E-state index contributed by atoms with van der Waals surface area (Å²) in [6.07, 6.45) is 1.71. The molecule has 1 aliphatic heterocycles. The monoisotopic (exact) mass is 348 g/mol. The van der Waals surface area contributed by atoms with E-state index < -0.39 is 20.8 Å². The number of carbonyl (C=O) groups is 1. The summed E-state index contributed by atoms with van der Waals surface area (Å²) in [5.74, 6) is 0. The molecule has 1 aliphatic rings. The molecule has 7 nitrogen and oxygen atoms in total. The number of nitrogens with zero attached hydrogens (tertiary/aromatic N) is 2. The van der Waals surface area contributed by atoms with Crippen molar-refractivity contribution in [3.63, 3.8) is 0 Å². The van der Waals surface area contributed by atoms with Gasteiger partial charge in [-0.15, -0.1) is 0 Å². The van der Waals surface area contributed by atoms with Gasteiger partial charge in [-0.25, -0.2) is 8.42 Å². The summed E-state index contributed by atoms with van der Waals surface area (Å²) in [6, 6.07) is 4.26. The van der Waals surface area contributed by atoms with E-state index in [0.717, 1.165) is 6.26 Å². The van der Waals surface area contributed by atoms with Crippen LogP contribution < -0.4 is 4.31 Å². The van der Waals surface area contributed by atoms with E-state index in [1.165, 1.54) is 26.8 Å². The van der Waals surface area contributed by atoms with Crippen molar-refractivity contribution >= 4 is 32.8 Å². The Kier molecular flexibility index (Phi) is 4.56. The Hall–Kier alpha value is -1.13. The zero-order valence-electron chi connectivity index (χ0n) is 12.6. The van der Waals surface area contributed by atoms with Gasteiger partial charge in [0.05, 0.1) is 17.1 Å². The number of aldehydes is 1. The van der Waals surface area contributed by atoms with Gasteiger partial charge in [-0.3, -0.25) is 13.4 Å². The maximum Gasteiger partial charge on any atom is 0.175 e. The zero-order chi connectivity index (χ0) is 16.7. The summed E-state index contributed by atoms with van der Waals surface area (Å²) in [7, 11) is -6.66. The first kappa shape index (κ1) is 17.2. The van der Waals surface area contributed by atoms with Crippen molar-refractivity contribution in [1.82, 2.24) is 4.31 Å². The van der Waals surface area contributed by atoms with Crippen LogP contribution in [0.15, 0.2) is 23.1 Å². The molecule has 0 unspecified atom stereocenters. The molecule has 2 rings (SSSR count). The third kappa shape index (κ3) is 2.99. The van der Waals surface area contributed by atoms with Gasteiger partial charge in [0.1, 0.15) is 6.29 Å². The van der Waals surface area contributed by atoms with Crippen molar-refractivity contribution in [3.05, 3.63) is 23.8 Å². The van der Waals surface area contributed by atoms with Crippen molar-refractivity contribution in [2.75, 3.05) is 17.1 Å². The topological polar surface area (TPSA) is 98.2 Å². The van der Waals surface area contributed by atoms with Gasteiger partial charge in [-0.1, -0.05) is 0 Å². The molecule has 2 N–H and O–H groups in total. The van der Waals surface area contributed by atoms with E-state index >= 15 is 0 Å². The van der Waals surface area contributed by atoms with Gasteiger partial charge < -0.3 is 4.79 Å². The minimum absolute atomic E-state index is 0.166. The van der Waals surface area contributed by atoms with Crippen LogP contribution in [-0.2, 0) is 21.2 Å². The number of fused-ring (bicyclic) bond motifs is 1. The number of hydrogen-bond acceptors (Lipinski definition) is 7. The van der Waals surface area contributed by atoms with E-state index in [-0.39, 0.29) is 24.0 Å². The lowest BCUT2D eigenvalue weighted by Crippen LogP contribution is -2.47. The van der Waals surface area contributed by atoms with Crippen LogP contribution in [0.4, 0.5) is 5.69 Å². The molecule has 0 saturated heterocycles. The summed E-state index contributed by atoms with van der Waals surface area (Å²) in [6.45, 7) is 3.63. The molecule has 1 heterocycles. The molecule has 22 heavy (non-hydrogen) atoms. The van der Waals surface area contributed by atoms with Crippen molar-refractivity contribution in [2.24, 2.45) is 0 Å². The Bertz CT molecular complexity index is 688. The molecule has 0 bridgehead atoms. The summed E-state index contributed by atoms with van der Waals surface area (Å²) in [5, 5.41) is 0. The maximum atomic E-state index is 11.7. The largest absolute Gasteiger partial charge is 0.301 e. The second-order valence-electron chi connectivity index (χ2n) is 5.45. The van der Waals surface area contributed by atoms with Gasteiger partial charge in [0.2, 0.25) is 0 Å². The number of anilines is 1. The number of sulfone groups is 1. The number of carbonyl (C=O) groups excluding carboxylic acids is 1. The standard InChI is InChI=1S/C13H20N2O5S2/c1-10(2)15-9-11-8-12(21(3,17)18)4-5-13(11)14(6-7-16)22(15,19)20/h4-5,7-8,10,19-20H,6,9H2,1-3H3. The first-order chi connectivity index (χ1) is 10.1. The Balaban J connectivity index is 2.60. The highest BCUT2D eigenvalue weighted by Gasteiger charge is 2.38. The molecular weight excluding hydrogens is 328 g/mol. The van der Waals surface area contributed by atoms with Crippen LogP contribution in [0, 0.1) is 0 Å². The van der Waals surface area contributed by atoms with Gasteiger partial charge in [-0.05, 0) is 48.6 Å². The lowest BCUT2D eigenvalue weighted by atomic mass is 10.1. The molecule has 0 aromatic heterocycles. The predicted molar refractivity (Wildman–Crippen MR) is 86.5 cm³/mol. The van der Waals surface area contributed by atoms with Gasteiger partial charge in [0.15, 0.2) is 9.84 Å². The highest BCUT2D eigenvalue weighted by Crippen LogP contribution is 2.55. The molecule has 0 amide bonds. The molecule has 1 aromatic rings. The quantitative estimate of drug-likeness (QED) is 0.802. The second-order valence-corrected chi connectivity index (χ2v) is 9.35. The van der Waals surface area contributed by atoms with E-state index in [0.29, 0.717) is 17.5 Å². The molecule has 0 atom stereocenters. The lowest BCUT2D eigenvalue weighted by molar-refractivity contribution is -0.106. The minimum Gasteiger partial charge on any atom is -0.301 e. The predicted octanol–water partition coefficient (Wildman–Crippen LogP) is 1.90. The van der Waals surface area contributed by atoms with Crippen LogP contribution in [0.25, 0.3) is 0 Å². The smallest absolute Gasteiger partial charge is 0.175 e. The van der Waals surface area contributed by atoms with Crippen LogP contribution in [0.5, 0.6) is 0 Å². The third-order valence-electron chi connectivity index (χ3n) is 3.50. The van der Waals surface area contributed by atoms with E-state index in [4.69, 9.17) is 0 Å². The maximum absolute atomic E-state index is 11.7. The van der Waals surface area contributed by atoms with Gasteiger partial charge >= 0.3 is 0 Å². The highest BCUT2D eigenvalue weighted by molar-refractivity contribution is 8.23. The van der Waals surface area contributed by atoms with Gasteiger partial charge in [-0.2, -0.15) is 4.31 Å². The second kappa shape index (κ2) is 5.82. The van der Waals surface area contributed by atoms with Gasteiger partial charge in [0.25, 0.3) is 0 Å². The fraction of sp³-hybridized carbons (Fsp3) is 0.462. The van der Waals surface area contributed by atoms with E-state index in [1.807, 2.05) is 0 Å². The van der Waals surface area contributed by atoms with Crippen LogP contribution in [0.2, 0.25) is 0 Å². The number of benzene rings is 1. The summed E-state index contributed by atoms with van der Waals surface area (Å²) >= 11 is 0. The average Bonchev–Trinajstić information content (AvgIpc) is 2.39. The van der Waals surface area contributed by atoms with Crippen molar-refractivity contribution in [3.8, 4) is 0 Å². The van der Waals surface area contributed by atoms with Crippen LogP contribution in [0.3, 0.4) is 0 Å². The summed E-state index contributed by atoms with van der Waals surface area (Å²) in [4.78, 5) is 11.1. The molecule has 0 fully saturated rings. The molecule has 0 spiro atoms. The van der Waals surface area contributed by atoms with Gasteiger partial charge in [0, 0.05) is 18.8 Å². The van der Waals surface area contributed by atoms with Crippen LogP contribution in [-0.4, -0.2) is 47.0 Å². The van der Waals surface area contributed by atoms with Crippen molar-refractivity contribution in [2.45, 2.75) is 31.3 Å². The Morgan fingerprint density at radius 1 is 1.36 bits per heavy atom. The summed E-state index contributed by atoms with van der Waals surface area (Å²) in [5.41, 5.74) is 1.11. The van der Waals surface area contributed by atoms with E-state index in [2.05, 4.69) is 0 Å². The van der Waals surface area contributed by atoms with Crippen LogP contribution >= 0.6 is 11.0 Å². The molecule has 1 aromatic carbocycles. The number of hydrogen-bond donors (Lipinski definition) is 2. The molecule has 0 aliphatic carbocycles. The molecule has 0 radical (unpaired) electrons. The van der Waals surface area contributed by atoms with Crippen molar-refractivity contribution in [1.29, 1.82) is 0 Å². The first-order valence-corrected chi connectivity index (χ1v) is 10.0. The Labute approximate surface area is 132 Å². The highest BCUT2D eigenvalue weighted by atomic mass is 32.3. The SMILES string of the molecule is CC(C)N1Cc2cc(S(C)(=O)=O)ccc2N(CC=O)S1(O)O. The zero-order valence-corrected chi connectivity index (χ0v) is 14.3. The van der Waals surface area contributed by atoms with E-state index in [9.17, 15) is 22.3 Å². The molecule has 9 heteroatoms. The third-order valence-corrected chi connectivity index (χ3v) is 6.73. The van der Waals surface area contributed by atoms with Crippen molar-refractivity contribution < 1.29 is 22.3 Å². The molecular formula is C13H20N2O5S2. The fourth-order valence-corrected chi connectivity index (χ4v) is 4.91. The first-order valence-electron chi connectivity index (χ1n) is 6.68. The van der Waals surface area contributed by atoms with E-state index in [1.54, 1.807) is 13.8 Å². The molecule has 124 valence electrons. The van der Waals surface area contributed by atoms with Crippen LogP contribution in [0.1, 0.15) is 19.4 Å². The normalized spacial score (nSPS) is 19.8.